The van der Waals surface area contributed by atoms with Gasteiger partial charge in [0.2, 0.25) is 0 Å². The van der Waals surface area contributed by atoms with Crippen molar-refractivity contribution in [2.45, 2.75) is 64.5 Å². The molecule has 1 atom stereocenters. The zero-order valence-electron chi connectivity index (χ0n) is 13.0. The first-order valence-electron chi connectivity index (χ1n) is 8.36. The van der Waals surface area contributed by atoms with Crippen LogP contribution in [0.2, 0.25) is 0 Å². The predicted octanol–water partition coefficient (Wildman–Crippen LogP) is 3.73. The van der Waals surface area contributed by atoms with Crippen LogP contribution >= 0.6 is 0 Å². The van der Waals surface area contributed by atoms with E-state index in [1.807, 2.05) is 0 Å². The summed E-state index contributed by atoms with van der Waals surface area (Å²) >= 11 is 0. The van der Waals surface area contributed by atoms with E-state index >= 15 is 0 Å². The number of benzene rings is 1. The highest BCUT2D eigenvalue weighted by Gasteiger charge is 2.21. The molecule has 0 spiro atoms. The van der Waals surface area contributed by atoms with Crippen molar-refractivity contribution in [2.24, 2.45) is 5.73 Å². The van der Waals surface area contributed by atoms with Gasteiger partial charge < -0.3 is 5.73 Å². The smallest absolute Gasteiger partial charge is 0.0240 e. The van der Waals surface area contributed by atoms with Gasteiger partial charge in [-0.2, -0.15) is 0 Å². The van der Waals surface area contributed by atoms with Gasteiger partial charge in [-0.3, -0.25) is 4.90 Å². The summed E-state index contributed by atoms with van der Waals surface area (Å²) in [4.78, 5) is 2.60. The number of unbranched alkanes of at least 4 members (excludes halogenated alkanes) is 4. The van der Waals surface area contributed by atoms with Crippen LogP contribution in [0.4, 0.5) is 0 Å². The van der Waals surface area contributed by atoms with Crippen LogP contribution in [0.3, 0.4) is 0 Å². The Morgan fingerprint density at radius 2 is 1.85 bits per heavy atom. The number of hydrogen-bond donors (Lipinski definition) is 1. The van der Waals surface area contributed by atoms with E-state index in [-0.39, 0.29) is 0 Å². The minimum Gasteiger partial charge on any atom is -0.329 e. The summed E-state index contributed by atoms with van der Waals surface area (Å²) in [7, 11) is 0. The average Bonchev–Trinajstić information content (AvgIpc) is 2.50. The molecule has 1 aromatic rings. The molecule has 0 saturated heterocycles. The van der Waals surface area contributed by atoms with Crippen molar-refractivity contribution in [2.75, 3.05) is 13.1 Å². The monoisotopic (exact) mass is 274 g/mol. The second kappa shape index (κ2) is 8.43. The Labute approximate surface area is 124 Å². The first-order chi connectivity index (χ1) is 9.85. The van der Waals surface area contributed by atoms with Crippen LogP contribution in [0.1, 0.15) is 56.6 Å². The Bertz CT molecular complexity index is 389. The molecule has 0 aromatic heterocycles. The van der Waals surface area contributed by atoms with E-state index in [2.05, 4.69) is 36.1 Å². The molecule has 1 aliphatic heterocycles. The molecular formula is C18H30N2. The quantitative estimate of drug-likeness (QED) is 0.732. The molecule has 2 heteroatoms. The third-order valence-corrected chi connectivity index (χ3v) is 4.59. The maximum atomic E-state index is 6.02. The highest BCUT2D eigenvalue weighted by molar-refractivity contribution is 5.29. The van der Waals surface area contributed by atoms with Gasteiger partial charge >= 0.3 is 0 Å². The first-order valence-corrected chi connectivity index (χ1v) is 8.36. The summed E-state index contributed by atoms with van der Waals surface area (Å²) in [6.45, 7) is 5.34. The van der Waals surface area contributed by atoms with Crippen LogP contribution in [0.5, 0.6) is 0 Å². The molecule has 112 valence electrons. The van der Waals surface area contributed by atoms with E-state index in [4.69, 9.17) is 5.73 Å². The van der Waals surface area contributed by atoms with E-state index in [9.17, 15) is 0 Å². The SMILES string of the molecule is CCCCCCCC(CN)N1CCc2ccccc2C1. The van der Waals surface area contributed by atoms with Gasteiger partial charge in [0.15, 0.2) is 0 Å². The molecule has 0 saturated carbocycles. The zero-order valence-corrected chi connectivity index (χ0v) is 13.0. The topological polar surface area (TPSA) is 29.3 Å². The van der Waals surface area contributed by atoms with E-state index in [1.165, 1.54) is 62.6 Å². The molecule has 0 bridgehead atoms. The van der Waals surface area contributed by atoms with Crippen molar-refractivity contribution in [3.8, 4) is 0 Å². The molecule has 1 heterocycles. The van der Waals surface area contributed by atoms with Crippen LogP contribution in [0.25, 0.3) is 0 Å². The van der Waals surface area contributed by atoms with Gasteiger partial charge in [0.1, 0.15) is 0 Å². The summed E-state index contributed by atoms with van der Waals surface area (Å²) in [6.07, 6.45) is 9.24. The molecule has 0 radical (unpaired) electrons. The normalized spacial score (nSPS) is 16.9. The van der Waals surface area contributed by atoms with E-state index < -0.39 is 0 Å². The first kappa shape index (κ1) is 15.5. The van der Waals surface area contributed by atoms with Crippen LogP contribution in [0.15, 0.2) is 24.3 Å². The van der Waals surface area contributed by atoms with Crippen molar-refractivity contribution in [1.29, 1.82) is 0 Å². The number of hydrogen-bond acceptors (Lipinski definition) is 2. The molecular weight excluding hydrogens is 244 g/mol. The highest BCUT2D eigenvalue weighted by atomic mass is 15.2. The Morgan fingerprint density at radius 3 is 2.60 bits per heavy atom. The molecule has 0 aliphatic carbocycles. The number of nitrogens with zero attached hydrogens (tertiary/aromatic N) is 1. The summed E-state index contributed by atoms with van der Waals surface area (Å²) in [5.74, 6) is 0. The second-order valence-corrected chi connectivity index (χ2v) is 6.08. The van der Waals surface area contributed by atoms with Crippen molar-refractivity contribution in [3.05, 3.63) is 35.4 Å². The second-order valence-electron chi connectivity index (χ2n) is 6.08. The van der Waals surface area contributed by atoms with Crippen molar-refractivity contribution in [1.82, 2.24) is 4.90 Å². The van der Waals surface area contributed by atoms with Crippen LogP contribution in [0, 0.1) is 0 Å². The summed E-state index contributed by atoms with van der Waals surface area (Å²) in [6, 6.07) is 9.43. The van der Waals surface area contributed by atoms with Crippen LogP contribution in [-0.2, 0) is 13.0 Å². The number of fused-ring (bicyclic) bond motifs is 1. The standard InChI is InChI=1S/C18H30N2/c1-2-3-4-5-6-11-18(14-19)20-13-12-16-9-7-8-10-17(16)15-20/h7-10,18H,2-6,11-15,19H2,1H3. The fraction of sp³-hybridized carbons (Fsp3) is 0.667. The maximum Gasteiger partial charge on any atom is 0.0240 e. The van der Waals surface area contributed by atoms with Gasteiger partial charge in [-0.25, -0.2) is 0 Å². The molecule has 1 aromatic carbocycles. The van der Waals surface area contributed by atoms with E-state index in [0.717, 1.165) is 13.1 Å². The fourth-order valence-corrected chi connectivity index (χ4v) is 3.26. The van der Waals surface area contributed by atoms with Crippen LogP contribution < -0.4 is 5.73 Å². The largest absolute Gasteiger partial charge is 0.329 e. The zero-order chi connectivity index (χ0) is 14.2. The maximum absolute atomic E-state index is 6.02. The van der Waals surface area contributed by atoms with E-state index in [1.54, 1.807) is 0 Å². The Balaban J connectivity index is 1.80. The van der Waals surface area contributed by atoms with Gasteiger partial charge in [0, 0.05) is 25.7 Å². The Morgan fingerprint density at radius 1 is 1.10 bits per heavy atom. The van der Waals surface area contributed by atoms with Crippen molar-refractivity contribution in [3.63, 3.8) is 0 Å². The highest BCUT2D eigenvalue weighted by Crippen LogP contribution is 2.22. The molecule has 20 heavy (non-hydrogen) atoms. The van der Waals surface area contributed by atoms with Crippen molar-refractivity contribution >= 4 is 0 Å². The lowest BCUT2D eigenvalue weighted by atomic mass is 9.97. The molecule has 1 aliphatic rings. The Kier molecular flexibility index (Phi) is 6.55. The van der Waals surface area contributed by atoms with Gasteiger partial charge in [-0.1, -0.05) is 63.3 Å². The number of rotatable bonds is 8. The van der Waals surface area contributed by atoms with Gasteiger partial charge in [0.05, 0.1) is 0 Å². The third kappa shape index (κ3) is 4.32. The molecule has 2 nitrogen and oxygen atoms in total. The molecule has 0 fully saturated rings. The summed E-state index contributed by atoms with van der Waals surface area (Å²) in [5, 5.41) is 0. The third-order valence-electron chi connectivity index (χ3n) is 4.59. The van der Waals surface area contributed by atoms with Gasteiger partial charge in [-0.15, -0.1) is 0 Å². The lowest BCUT2D eigenvalue weighted by molar-refractivity contribution is 0.171. The van der Waals surface area contributed by atoms with Crippen LogP contribution in [-0.4, -0.2) is 24.0 Å². The van der Waals surface area contributed by atoms with E-state index in [0.29, 0.717) is 6.04 Å². The molecule has 1 unspecified atom stereocenters. The average molecular weight is 274 g/mol. The lowest BCUT2D eigenvalue weighted by Gasteiger charge is -2.35. The summed E-state index contributed by atoms with van der Waals surface area (Å²) < 4.78 is 0. The summed E-state index contributed by atoms with van der Waals surface area (Å²) in [5.41, 5.74) is 9.06. The molecule has 2 rings (SSSR count). The minimum atomic E-state index is 0.574. The Hall–Kier alpha value is -0.860. The van der Waals surface area contributed by atoms with Crippen molar-refractivity contribution < 1.29 is 0 Å². The lowest BCUT2D eigenvalue weighted by Crippen LogP contribution is -2.43. The minimum absolute atomic E-state index is 0.574. The molecule has 0 amide bonds. The van der Waals surface area contributed by atoms with Gasteiger partial charge in [-0.05, 0) is 24.0 Å². The predicted molar refractivity (Wildman–Crippen MR) is 86.8 cm³/mol. The van der Waals surface area contributed by atoms with Gasteiger partial charge in [0.25, 0.3) is 0 Å². The number of nitrogens with two attached hydrogens (primary N) is 1. The fourth-order valence-electron chi connectivity index (χ4n) is 3.26. The molecule has 2 N–H and O–H groups in total.